The third-order valence-electron chi connectivity index (χ3n) is 6.14. The van der Waals surface area contributed by atoms with Gasteiger partial charge >= 0.3 is 0 Å². The fourth-order valence-electron chi connectivity index (χ4n) is 4.31. The van der Waals surface area contributed by atoms with Gasteiger partial charge in [-0.15, -0.1) is 0 Å². The summed E-state index contributed by atoms with van der Waals surface area (Å²) >= 11 is 5.99. The molecule has 5 rings (SSSR count). The summed E-state index contributed by atoms with van der Waals surface area (Å²) in [6.07, 6.45) is 0.800. The standard InChI is InChI=1S/C24H23ClN4O4S/c25-19-7-5-17(6-8-19)21-13-22-28(23(30)9-11-29(22)27-21)14-16-1-3-18(4-2-16)24(31)26-20-10-12-34(32,33)15-20/h1-8,13,20H,9-12,14-15H2,(H,26,31)/t20-/m1/s1. The summed E-state index contributed by atoms with van der Waals surface area (Å²) in [7, 11) is -3.06. The number of carbonyl (C=O) groups is 2. The fraction of sp³-hybridized carbons (Fsp3) is 0.292. The molecule has 2 aliphatic rings. The number of fused-ring (bicyclic) bond motifs is 1. The molecule has 0 unspecified atom stereocenters. The van der Waals surface area contributed by atoms with Crippen LogP contribution in [0.15, 0.2) is 54.6 Å². The van der Waals surface area contributed by atoms with Gasteiger partial charge in [-0.1, -0.05) is 35.9 Å². The Morgan fingerprint density at radius 3 is 2.53 bits per heavy atom. The normalized spacial score (nSPS) is 19.1. The predicted molar refractivity (Wildman–Crippen MR) is 129 cm³/mol. The largest absolute Gasteiger partial charge is 0.348 e. The number of sulfone groups is 1. The lowest BCUT2D eigenvalue weighted by Gasteiger charge is -2.27. The number of rotatable bonds is 5. The minimum absolute atomic E-state index is 0.0133. The average molecular weight is 499 g/mol. The van der Waals surface area contributed by atoms with Gasteiger partial charge in [-0.25, -0.2) is 13.1 Å². The molecule has 0 aliphatic carbocycles. The van der Waals surface area contributed by atoms with Crippen molar-refractivity contribution in [2.75, 3.05) is 16.4 Å². The van der Waals surface area contributed by atoms with Gasteiger partial charge in [-0.05, 0) is 36.2 Å². The molecule has 0 spiro atoms. The maximum atomic E-state index is 12.7. The van der Waals surface area contributed by atoms with E-state index in [1.807, 2.05) is 47.1 Å². The number of nitrogens with zero attached hydrogens (tertiary/aromatic N) is 3. The zero-order valence-corrected chi connectivity index (χ0v) is 19.8. The van der Waals surface area contributed by atoms with E-state index < -0.39 is 9.84 Å². The Hall–Kier alpha value is -3.17. The van der Waals surface area contributed by atoms with E-state index in [1.165, 1.54) is 0 Å². The monoisotopic (exact) mass is 498 g/mol. The molecule has 0 saturated carbocycles. The van der Waals surface area contributed by atoms with Crippen molar-refractivity contribution < 1.29 is 18.0 Å². The molecule has 176 valence electrons. The Morgan fingerprint density at radius 1 is 1.12 bits per heavy atom. The van der Waals surface area contributed by atoms with Crippen LogP contribution in [0.4, 0.5) is 5.82 Å². The molecule has 0 bridgehead atoms. The molecule has 2 aromatic carbocycles. The minimum atomic E-state index is -3.06. The molecule has 1 N–H and O–H groups in total. The van der Waals surface area contributed by atoms with Crippen LogP contribution >= 0.6 is 11.6 Å². The van der Waals surface area contributed by atoms with Gasteiger partial charge in [-0.2, -0.15) is 5.10 Å². The van der Waals surface area contributed by atoms with Crippen LogP contribution in [-0.4, -0.2) is 47.6 Å². The summed E-state index contributed by atoms with van der Waals surface area (Å²) in [4.78, 5) is 26.9. The Balaban J connectivity index is 1.30. The smallest absolute Gasteiger partial charge is 0.251 e. The van der Waals surface area contributed by atoms with E-state index in [2.05, 4.69) is 10.4 Å². The Labute approximate surface area is 202 Å². The van der Waals surface area contributed by atoms with Crippen molar-refractivity contribution in [3.8, 4) is 11.3 Å². The number of aromatic nitrogens is 2. The second-order valence-corrected chi connectivity index (χ2v) is 11.3. The summed E-state index contributed by atoms with van der Waals surface area (Å²) in [5.41, 5.74) is 3.01. The zero-order valence-electron chi connectivity index (χ0n) is 18.3. The van der Waals surface area contributed by atoms with Gasteiger partial charge in [0.05, 0.1) is 30.3 Å². The molecule has 34 heavy (non-hydrogen) atoms. The molecule has 1 fully saturated rings. The lowest BCUT2D eigenvalue weighted by atomic mass is 10.1. The lowest BCUT2D eigenvalue weighted by molar-refractivity contribution is -0.119. The highest BCUT2D eigenvalue weighted by Gasteiger charge is 2.29. The highest BCUT2D eigenvalue weighted by molar-refractivity contribution is 7.91. The summed E-state index contributed by atoms with van der Waals surface area (Å²) < 4.78 is 25.1. The Kier molecular flexibility index (Phi) is 5.91. The highest BCUT2D eigenvalue weighted by Crippen LogP contribution is 2.30. The molecular weight excluding hydrogens is 476 g/mol. The number of halogens is 1. The first-order valence-corrected chi connectivity index (χ1v) is 13.2. The third kappa shape index (κ3) is 4.71. The van der Waals surface area contributed by atoms with Crippen LogP contribution in [0.3, 0.4) is 0 Å². The van der Waals surface area contributed by atoms with E-state index in [0.29, 0.717) is 36.5 Å². The number of nitrogens with one attached hydrogen (secondary N) is 1. The molecule has 2 amide bonds. The van der Waals surface area contributed by atoms with Crippen molar-refractivity contribution in [3.63, 3.8) is 0 Å². The number of hydrogen-bond acceptors (Lipinski definition) is 5. The summed E-state index contributed by atoms with van der Waals surface area (Å²) in [5, 5.41) is 8.10. The zero-order chi connectivity index (χ0) is 23.9. The second kappa shape index (κ2) is 8.88. The van der Waals surface area contributed by atoms with Crippen molar-refractivity contribution in [1.29, 1.82) is 0 Å². The number of aryl methyl sites for hydroxylation is 1. The fourth-order valence-corrected chi connectivity index (χ4v) is 6.10. The van der Waals surface area contributed by atoms with Gasteiger partial charge in [0.1, 0.15) is 5.82 Å². The van der Waals surface area contributed by atoms with Crippen LogP contribution in [0.25, 0.3) is 11.3 Å². The predicted octanol–water partition coefficient (Wildman–Crippen LogP) is 3.06. The molecule has 10 heteroatoms. The Morgan fingerprint density at radius 2 is 1.85 bits per heavy atom. The summed E-state index contributed by atoms with van der Waals surface area (Å²) in [6, 6.07) is 16.0. The van der Waals surface area contributed by atoms with Crippen molar-refractivity contribution >= 4 is 39.1 Å². The number of anilines is 1. The Bertz CT molecular complexity index is 1350. The van der Waals surface area contributed by atoms with Crippen molar-refractivity contribution in [2.45, 2.75) is 32.0 Å². The van der Waals surface area contributed by atoms with E-state index in [1.54, 1.807) is 17.0 Å². The first-order chi connectivity index (χ1) is 16.3. The molecule has 3 heterocycles. The van der Waals surface area contributed by atoms with Gasteiger partial charge in [0.2, 0.25) is 5.91 Å². The second-order valence-electron chi connectivity index (χ2n) is 8.62. The van der Waals surface area contributed by atoms with E-state index in [0.717, 1.165) is 22.6 Å². The van der Waals surface area contributed by atoms with Gasteiger partial charge in [0.25, 0.3) is 5.91 Å². The molecule has 0 radical (unpaired) electrons. The number of benzene rings is 2. The van der Waals surface area contributed by atoms with Gasteiger partial charge < -0.3 is 5.32 Å². The van der Waals surface area contributed by atoms with Crippen LogP contribution < -0.4 is 10.2 Å². The molecule has 2 aliphatic heterocycles. The number of carbonyl (C=O) groups excluding carboxylic acids is 2. The van der Waals surface area contributed by atoms with Crippen LogP contribution in [-0.2, 0) is 27.7 Å². The molecule has 3 aromatic rings. The van der Waals surface area contributed by atoms with Gasteiger partial charge in [0, 0.05) is 34.7 Å². The SMILES string of the molecule is O=C(N[C@@H]1CCS(=O)(=O)C1)c1ccc(CN2C(=O)CCn3nc(-c4ccc(Cl)cc4)cc32)cc1. The highest BCUT2D eigenvalue weighted by atomic mass is 35.5. The molecular formula is C24H23ClN4O4S. The maximum absolute atomic E-state index is 12.7. The van der Waals surface area contributed by atoms with Crippen LogP contribution in [0.1, 0.15) is 28.8 Å². The van der Waals surface area contributed by atoms with E-state index in [4.69, 9.17) is 11.6 Å². The first kappa shape index (κ1) is 22.6. The third-order valence-corrected chi connectivity index (χ3v) is 8.16. The number of hydrogen-bond donors (Lipinski definition) is 1. The maximum Gasteiger partial charge on any atom is 0.251 e. The molecule has 1 atom stereocenters. The quantitative estimate of drug-likeness (QED) is 0.582. The lowest BCUT2D eigenvalue weighted by Crippen LogP contribution is -2.37. The van der Waals surface area contributed by atoms with Crippen LogP contribution in [0.2, 0.25) is 5.02 Å². The van der Waals surface area contributed by atoms with E-state index in [9.17, 15) is 18.0 Å². The van der Waals surface area contributed by atoms with Crippen molar-refractivity contribution in [2.24, 2.45) is 0 Å². The topological polar surface area (TPSA) is 101 Å². The molecule has 1 saturated heterocycles. The van der Waals surface area contributed by atoms with Gasteiger partial charge in [-0.3, -0.25) is 14.5 Å². The van der Waals surface area contributed by atoms with Crippen molar-refractivity contribution in [3.05, 3.63) is 70.7 Å². The number of amides is 2. The van der Waals surface area contributed by atoms with Crippen molar-refractivity contribution in [1.82, 2.24) is 15.1 Å². The molecule has 8 nitrogen and oxygen atoms in total. The summed E-state index contributed by atoms with van der Waals surface area (Å²) in [5.74, 6) is 0.537. The van der Waals surface area contributed by atoms with E-state index >= 15 is 0 Å². The first-order valence-electron chi connectivity index (χ1n) is 11.0. The average Bonchev–Trinajstić information content (AvgIpc) is 3.39. The van der Waals surface area contributed by atoms with E-state index in [-0.39, 0.29) is 29.4 Å². The summed E-state index contributed by atoms with van der Waals surface area (Å²) in [6.45, 7) is 0.877. The van der Waals surface area contributed by atoms with Gasteiger partial charge in [0.15, 0.2) is 9.84 Å². The minimum Gasteiger partial charge on any atom is -0.348 e. The van der Waals surface area contributed by atoms with Crippen LogP contribution in [0, 0.1) is 0 Å². The van der Waals surface area contributed by atoms with Crippen LogP contribution in [0.5, 0.6) is 0 Å². The molecule has 1 aromatic heterocycles.